The molecule has 5 aliphatic rings. The highest BCUT2D eigenvalue weighted by molar-refractivity contribution is 5.64. The number of hydrogen-bond acceptors (Lipinski definition) is 2. The molecule has 4 nitrogen and oxygen atoms in total. The van der Waals surface area contributed by atoms with Crippen LogP contribution in [0.3, 0.4) is 0 Å². The van der Waals surface area contributed by atoms with Crippen molar-refractivity contribution in [3.8, 4) is 0 Å². The molecule has 1 unspecified atom stereocenters. The average Bonchev–Trinajstić information content (AvgIpc) is 3.02. The molecule has 4 bridgehead atoms. The smallest absolute Gasteiger partial charge is 0.304 e. The Morgan fingerprint density at radius 1 is 1.17 bits per heavy atom. The molecular formula is C20H17N2O2+. The minimum absolute atomic E-state index is 0.149. The number of morpholine rings is 1. The van der Waals surface area contributed by atoms with Crippen LogP contribution in [0.4, 0.5) is 0 Å². The molecule has 24 heavy (non-hydrogen) atoms. The van der Waals surface area contributed by atoms with Crippen molar-refractivity contribution in [3.63, 3.8) is 0 Å². The summed E-state index contributed by atoms with van der Waals surface area (Å²) in [6.07, 6.45) is 8.57. The molecule has 0 radical (unpaired) electrons. The van der Waals surface area contributed by atoms with Crippen molar-refractivity contribution < 1.29 is 4.74 Å². The van der Waals surface area contributed by atoms with Gasteiger partial charge in [0.15, 0.2) is 6.04 Å². The van der Waals surface area contributed by atoms with E-state index in [4.69, 9.17) is 4.74 Å². The predicted molar refractivity (Wildman–Crippen MR) is 92.1 cm³/mol. The van der Waals surface area contributed by atoms with Crippen LogP contribution >= 0.6 is 0 Å². The molecule has 1 aromatic carbocycles. The summed E-state index contributed by atoms with van der Waals surface area (Å²) in [6, 6.07) is 8.64. The number of rotatable bonds is 0. The molecule has 1 aromatic heterocycles. The van der Waals surface area contributed by atoms with Crippen molar-refractivity contribution in [1.82, 2.24) is 9.27 Å². The number of aromatic nitrogens is 1. The first kappa shape index (κ1) is 12.9. The van der Waals surface area contributed by atoms with E-state index in [9.17, 15) is 4.79 Å². The standard InChI is InChI=1S/C20H17N2O2/c23-20-15-6-3-7-17-18(15)16-12-13-4-1-2-5-14(13)19(16)21(20)22(17)8-10-24-11-9-22/h1-7,12,17H,8-11H2/q+1. The topological polar surface area (TPSA) is 31.2 Å². The van der Waals surface area contributed by atoms with Crippen LogP contribution in [0.1, 0.15) is 17.2 Å². The van der Waals surface area contributed by atoms with Gasteiger partial charge in [-0.25, -0.2) is 0 Å². The molecule has 2 aliphatic carbocycles. The third kappa shape index (κ3) is 1.28. The zero-order valence-electron chi connectivity index (χ0n) is 13.2. The van der Waals surface area contributed by atoms with Crippen LogP contribution < -0.4 is 20.6 Å². The van der Waals surface area contributed by atoms with Crippen LogP contribution in [0.5, 0.6) is 0 Å². The summed E-state index contributed by atoms with van der Waals surface area (Å²) in [5.74, 6) is 0. The molecule has 1 fully saturated rings. The normalized spacial score (nSPS) is 23.6. The molecule has 1 spiro atoms. The highest BCUT2D eigenvalue weighted by Crippen LogP contribution is 2.36. The van der Waals surface area contributed by atoms with E-state index in [0.29, 0.717) is 17.8 Å². The Morgan fingerprint density at radius 2 is 2.00 bits per heavy atom. The lowest BCUT2D eigenvalue weighted by Gasteiger charge is -2.49. The zero-order chi connectivity index (χ0) is 15.9. The van der Waals surface area contributed by atoms with Gasteiger partial charge in [-0.05, 0) is 23.4 Å². The molecule has 1 atom stereocenters. The van der Waals surface area contributed by atoms with Crippen LogP contribution in [0.2, 0.25) is 0 Å². The molecule has 1 saturated heterocycles. The van der Waals surface area contributed by atoms with Gasteiger partial charge in [-0.1, -0.05) is 30.3 Å². The molecule has 4 heteroatoms. The molecule has 3 aliphatic heterocycles. The van der Waals surface area contributed by atoms with Gasteiger partial charge in [0.05, 0.1) is 18.4 Å². The van der Waals surface area contributed by atoms with Crippen molar-refractivity contribution in [2.45, 2.75) is 6.04 Å². The van der Waals surface area contributed by atoms with Gasteiger partial charge >= 0.3 is 5.56 Å². The van der Waals surface area contributed by atoms with Gasteiger partial charge in [-0.3, -0.25) is 4.79 Å². The van der Waals surface area contributed by atoms with Gasteiger partial charge in [0.1, 0.15) is 18.4 Å². The Morgan fingerprint density at radius 3 is 2.88 bits per heavy atom. The van der Waals surface area contributed by atoms with Crippen molar-refractivity contribution in [3.05, 3.63) is 78.9 Å². The molecule has 4 heterocycles. The number of benzene rings is 1. The fourth-order valence-electron chi connectivity index (χ4n) is 4.99. The van der Waals surface area contributed by atoms with Crippen LogP contribution in [0.15, 0.2) is 41.2 Å². The fraction of sp³-hybridized carbons (Fsp3) is 0.250. The highest BCUT2D eigenvalue weighted by atomic mass is 16.5. The van der Waals surface area contributed by atoms with E-state index in [1.807, 2.05) is 6.08 Å². The minimum Gasteiger partial charge on any atom is -0.370 e. The van der Waals surface area contributed by atoms with Gasteiger partial charge in [-0.15, -0.1) is 4.68 Å². The minimum atomic E-state index is 0.149. The number of quaternary nitrogens is 1. The van der Waals surface area contributed by atoms with Gasteiger partial charge in [0, 0.05) is 16.3 Å². The third-order valence-electron chi connectivity index (χ3n) is 6.00. The lowest BCUT2D eigenvalue weighted by Crippen LogP contribution is -2.74. The van der Waals surface area contributed by atoms with Gasteiger partial charge < -0.3 is 4.74 Å². The molecule has 0 amide bonds. The second kappa shape index (κ2) is 4.15. The summed E-state index contributed by atoms with van der Waals surface area (Å²) in [4.78, 5) is 13.3. The predicted octanol–water partition coefficient (Wildman–Crippen LogP) is 0.152. The SMILES string of the molecule is O=c1c2c3c4c(n1[N+]1(CCOCC1)C3C=CC=2)=c1ccccc1=C4. The van der Waals surface area contributed by atoms with Crippen LogP contribution in [-0.4, -0.2) is 31.0 Å². The second-order valence-corrected chi connectivity index (χ2v) is 6.98. The number of pyridine rings is 1. The monoisotopic (exact) mass is 317 g/mol. The highest BCUT2D eigenvalue weighted by Gasteiger charge is 2.49. The summed E-state index contributed by atoms with van der Waals surface area (Å²) in [6.45, 7) is 3.09. The first-order chi connectivity index (χ1) is 11.8. The number of nitrogens with zero attached hydrogens (tertiary/aromatic N) is 2. The summed E-state index contributed by atoms with van der Waals surface area (Å²) < 4.78 is 8.38. The molecule has 118 valence electrons. The second-order valence-electron chi connectivity index (χ2n) is 6.98. The van der Waals surface area contributed by atoms with Crippen LogP contribution in [-0.2, 0) is 4.74 Å². The molecular weight excluding hydrogens is 300 g/mol. The molecule has 2 aromatic rings. The van der Waals surface area contributed by atoms with Crippen molar-refractivity contribution in [1.29, 1.82) is 0 Å². The summed E-state index contributed by atoms with van der Waals surface area (Å²) in [5.41, 5.74) is 2.61. The summed E-state index contributed by atoms with van der Waals surface area (Å²) >= 11 is 0. The maximum Gasteiger partial charge on any atom is 0.304 e. The Bertz CT molecular complexity index is 1210. The molecule has 0 saturated carbocycles. The lowest BCUT2D eigenvalue weighted by atomic mass is 9.90. The largest absolute Gasteiger partial charge is 0.370 e. The van der Waals surface area contributed by atoms with Gasteiger partial charge in [0.25, 0.3) is 0 Å². The van der Waals surface area contributed by atoms with Gasteiger partial charge in [-0.2, -0.15) is 4.59 Å². The van der Waals surface area contributed by atoms with E-state index in [0.717, 1.165) is 23.7 Å². The maximum atomic E-state index is 13.3. The fourth-order valence-corrected chi connectivity index (χ4v) is 4.99. The Balaban J connectivity index is 1.92. The van der Waals surface area contributed by atoms with E-state index in [2.05, 4.69) is 47.2 Å². The van der Waals surface area contributed by atoms with E-state index >= 15 is 0 Å². The quantitative estimate of drug-likeness (QED) is 0.553. The number of hydrogen-bond donors (Lipinski definition) is 0. The van der Waals surface area contributed by atoms with E-state index in [1.54, 1.807) is 0 Å². The van der Waals surface area contributed by atoms with Gasteiger partial charge in [0.2, 0.25) is 0 Å². The Hall–Kier alpha value is -2.43. The number of allylic oxidation sites excluding steroid dienone is 1. The first-order valence-electron chi connectivity index (χ1n) is 8.55. The lowest BCUT2D eigenvalue weighted by molar-refractivity contribution is -0.0436. The average molecular weight is 317 g/mol. The van der Waals surface area contributed by atoms with Crippen molar-refractivity contribution in [2.75, 3.05) is 26.3 Å². The van der Waals surface area contributed by atoms with Crippen LogP contribution in [0, 0.1) is 10.6 Å². The van der Waals surface area contributed by atoms with E-state index in [-0.39, 0.29) is 11.6 Å². The number of ether oxygens (including phenoxy) is 1. The summed E-state index contributed by atoms with van der Waals surface area (Å²) in [5, 5.41) is 4.39. The maximum absolute atomic E-state index is 13.3. The van der Waals surface area contributed by atoms with E-state index in [1.165, 1.54) is 21.6 Å². The Labute approximate surface area is 138 Å². The Kier molecular flexibility index (Phi) is 2.24. The molecule has 0 N–H and O–H groups in total. The van der Waals surface area contributed by atoms with E-state index < -0.39 is 0 Å². The van der Waals surface area contributed by atoms with Crippen molar-refractivity contribution >= 4 is 12.2 Å². The number of fused-ring (bicyclic) bond motifs is 1. The van der Waals surface area contributed by atoms with Crippen molar-refractivity contribution in [2.24, 2.45) is 0 Å². The zero-order valence-corrected chi connectivity index (χ0v) is 13.2. The van der Waals surface area contributed by atoms with Crippen LogP contribution in [0.25, 0.3) is 12.2 Å². The third-order valence-corrected chi connectivity index (χ3v) is 6.00. The first-order valence-corrected chi connectivity index (χ1v) is 8.55. The summed E-state index contributed by atoms with van der Waals surface area (Å²) in [7, 11) is 0. The molecule has 7 rings (SSSR count).